The molecule has 21 heavy (non-hydrogen) atoms. The van der Waals surface area contributed by atoms with Gasteiger partial charge in [-0.1, -0.05) is 36.4 Å². The SMILES string of the molecule is Nc1ccnc(C=CCNC(=O)OCc2ccccc2)c1. The van der Waals surface area contributed by atoms with Crippen LogP contribution in [0.15, 0.2) is 54.7 Å². The molecular formula is C16H17N3O2. The van der Waals surface area contributed by atoms with Gasteiger partial charge in [-0.3, -0.25) is 4.98 Å². The van der Waals surface area contributed by atoms with E-state index in [4.69, 9.17) is 10.5 Å². The third-order valence-corrected chi connectivity index (χ3v) is 2.67. The molecule has 0 unspecified atom stereocenters. The highest BCUT2D eigenvalue weighted by molar-refractivity contribution is 5.67. The van der Waals surface area contributed by atoms with Gasteiger partial charge in [0.05, 0.1) is 5.69 Å². The van der Waals surface area contributed by atoms with Crippen LogP contribution < -0.4 is 11.1 Å². The standard InChI is InChI=1S/C16H17N3O2/c17-14-8-10-18-15(11-14)7-4-9-19-16(20)21-12-13-5-2-1-3-6-13/h1-8,10-11H,9,12H2,(H2,17,18)(H,19,20). The molecule has 1 aromatic carbocycles. The lowest BCUT2D eigenvalue weighted by Gasteiger charge is -2.05. The first-order valence-electron chi connectivity index (χ1n) is 6.56. The number of ether oxygens (including phenoxy) is 1. The molecular weight excluding hydrogens is 266 g/mol. The number of hydrogen-bond acceptors (Lipinski definition) is 4. The third kappa shape index (κ3) is 5.36. The van der Waals surface area contributed by atoms with Gasteiger partial charge >= 0.3 is 6.09 Å². The average Bonchev–Trinajstić information content (AvgIpc) is 2.51. The molecule has 0 saturated heterocycles. The molecule has 0 bridgehead atoms. The van der Waals surface area contributed by atoms with Crippen LogP contribution in [0, 0.1) is 0 Å². The van der Waals surface area contributed by atoms with E-state index in [9.17, 15) is 4.79 Å². The highest BCUT2D eigenvalue weighted by Crippen LogP contribution is 2.04. The van der Waals surface area contributed by atoms with Crippen molar-refractivity contribution in [2.24, 2.45) is 0 Å². The topological polar surface area (TPSA) is 77.2 Å². The first kappa shape index (κ1) is 14.6. The normalized spacial score (nSPS) is 10.5. The molecule has 0 aliphatic heterocycles. The summed E-state index contributed by atoms with van der Waals surface area (Å²) in [5, 5.41) is 2.63. The Kier molecular flexibility index (Phi) is 5.34. The van der Waals surface area contributed by atoms with Crippen molar-refractivity contribution < 1.29 is 9.53 Å². The van der Waals surface area contributed by atoms with Gasteiger partial charge in [0.1, 0.15) is 6.61 Å². The molecule has 108 valence electrons. The smallest absolute Gasteiger partial charge is 0.407 e. The molecule has 1 aromatic heterocycles. The molecule has 0 aliphatic rings. The molecule has 0 aliphatic carbocycles. The summed E-state index contributed by atoms with van der Waals surface area (Å²) < 4.78 is 5.08. The number of nitrogens with two attached hydrogens (primary N) is 1. The zero-order valence-electron chi connectivity index (χ0n) is 11.5. The monoisotopic (exact) mass is 283 g/mol. The molecule has 2 aromatic rings. The van der Waals surface area contributed by atoms with E-state index in [0.717, 1.165) is 11.3 Å². The van der Waals surface area contributed by atoms with Crippen molar-refractivity contribution in [1.29, 1.82) is 0 Å². The Morgan fingerprint density at radius 1 is 1.29 bits per heavy atom. The summed E-state index contributed by atoms with van der Waals surface area (Å²) in [6, 6.07) is 13.0. The second-order valence-electron chi connectivity index (χ2n) is 4.36. The lowest BCUT2D eigenvalue weighted by molar-refractivity contribution is 0.141. The number of nitrogens with one attached hydrogen (secondary N) is 1. The maximum atomic E-state index is 11.5. The second-order valence-corrected chi connectivity index (χ2v) is 4.36. The van der Waals surface area contributed by atoms with E-state index in [1.165, 1.54) is 0 Å². The lowest BCUT2D eigenvalue weighted by atomic mass is 10.2. The number of nitrogen functional groups attached to an aromatic ring is 1. The molecule has 0 saturated carbocycles. The predicted molar refractivity (Wildman–Crippen MR) is 82.3 cm³/mol. The Hall–Kier alpha value is -2.82. The summed E-state index contributed by atoms with van der Waals surface area (Å²) >= 11 is 0. The van der Waals surface area contributed by atoms with E-state index in [0.29, 0.717) is 12.2 Å². The summed E-state index contributed by atoms with van der Waals surface area (Å²) in [7, 11) is 0. The largest absolute Gasteiger partial charge is 0.445 e. The number of carbonyl (C=O) groups is 1. The van der Waals surface area contributed by atoms with Gasteiger partial charge in [0.25, 0.3) is 0 Å². The molecule has 1 amide bonds. The Morgan fingerprint density at radius 2 is 2.10 bits per heavy atom. The van der Waals surface area contributed by atoms with E-state index < -0.39 is 6.09 Å². The van der Waals surface area contributed by atoms with E-state index in [1.807, 2.05) is 30.3 Å². The van der Waals surface area contributed by atoms with Crippen molar-refractivity contribution in [1.82, 2.24) is 10.3 Å². The minimum atomic E-state index is -0.455. The van der Waals surface area contributed by atoms with Gasteiger partial charge in [-0.2, -0.15) is 0 Å². The van der Waals surface area contributed by atoms with Crippen LogP contribution in [0.5, 0.6) is 0 Å². The fourth-order valence-electron chi connectivity index (χ4n) is 1.65. The van der Waals surface area contributed by atoms with Crippen LogP contribution in [0.2, 0.25) is 0 Å². The Morgan fingerprint density at radius 3 is 2.86 bits per heavy atom. The van der Waals surface area contributed by atoms with Crippen LogP contribution in [0.3, 0.4) is 0 Å². The zero-order chi connectivity index (χ0) is 14.9. The number of rotatable bonds is 5. The molecule has 5 nitrogen and oxygen atoms in total. The van der Waals surface area contributed by atoms with Crippen molar-refractivity contribution in [2.75, 3.05) is 12.3 Å². The van der Waals surface area contributed by atoms with Crippen molar-refractivity contribution in [2.45, 2.75) is 6.61 Å². The highest BCUT2D eigenvalue weighted by Gasteiger charge is 2.00. The fourth-order valence-corrected chi connectivity index (χ4v) is 1.65. The Bertz CT molecular complexity index is 612. The molecule has 1 heterocycles. The average molecular weight is 283 g/mol. The van der Waals surface area contributed by atoms with Crippen LogP contribution in [0.25, 0.3) is 6.08 Å². The fraction of sp³-hybridized carbons (Fsp3) is 0.125. The van der Waals surface area contributed by atoms with Gasteiger partial charge in [0, 0.05) is 18.4 Å². The first-order chi connectivity index (χ1) is 10.2. The number of pyridine rings is 1. The van der Waals surface area contributed by atoms with Crippen molar-refractivity contribution in [3.05, 3.63) is 66.0 Å². The summed E-state index contributed by atoms with van der Waals surface area (Å²) in [5.74, 6) is 0. The van der Waals surface area contributed by atoms with E-state index in [-0.39, 0.29) is 6.61 Å². The summed E-state index contributed by atoms with van der Waals surface area (Å²) in [6.07, 6.45) is 4.75. The number of benzene rings is 1. The van der Waals surface area contributed by atoms with Crippen LogP contribution in [-0.2, 0) is 11.3 Å². The number of nitrogens with zero attached hydrogens (tertiary/aromatic N) is 1. The molecule has 0 fully saturated rings. The molecule has 0 radical (unpaired) electrons. The number of amides is 1. The predicted octanol–water partition coefficient (Wildman–Crippen LogP) is 2.60. The van der Waals surface area contributed by atoms with E-state index in [1.54, 1.807) is 30.5 Å². The number of anilines is 1. The summed E-state index contributed by atoms with van der Waals surface area (Å²) in [6.45, 7) is 0.622. The van der Waals surface area contributed by atoms with Crippen LogP contribution >= 0.6 is 0 Å². The molecule has 5 heteroatoms. The van der Waals surface area contributed by atoms with Gasteiger partial charge in [-0.15, -0.1) is 0 Å². The van der Waals surface area contributed by atoms with Crippen molar-refractivity contribution in [3.8, 4) is 0 Å². The van der Waals surface area contributed by atoms with E-state index >= 15 is 0 Å². The van der Waals surface area contributed by atoms with Crippen LogP contribution in [0.4, 0.5) is 10.5 Å². The Labute approximate surface area is 123 Å². The van der Waals surface area contributed by atoms with Crippen molar-refractivity contribution >= 4 is 17.9 Å². The van der Waals surface area contributed by atoms with E-state index in [2.05, 4.69) is 10.3 Å². The quantitative estimate of drug-likeness (QED) is 0.884. The Balaban J connectivity index is 1.69. The number of alkyl carbamates (subject to hydrolysis) is 1. The molecule has 0 atom stereocenters. The van der Waals surface area contributed by atoms with Crippen molar-refractivity contribution in [3.63, 3.8) is 0 Å². The van der Waals surface area contributed by atoms with Gasteiger partial charge in [0.15, 0.2) is 0 Å². The minimum Gasteiger partial charge on any atom is -0.445 e. The number of hydrogen-bond donors (Lipinski definition) is 2. The minimum absolute atomic E-state index is 0.257. The molecule has 2 rings (SSSR count). The maximum absolute atomic E-state index is 11.5. The zero-order valence-corrected chi connectivity index (χ0v) is 11.5. The van der Waals surface area contributed by atoms with Gasteiger partial charge < -0.3 is 15.8 Å². The van der Waals surface area contributed by atoms with Crippen LogP contribution in [-0.4, -0.2) is 17.6 Å². The van der Waals surface area contributed by atoms with Gasteiger partial charge in [-0.25, -0.2) is 4.79 Å². The summed E-state index contributed by atoms with van der Waals surface area (Å²) in [5.41, 5.74) is 7.99. The second kappa shape index (κ2) is 7.69. The van der Waals surface area contributed by atoms with Gasteiger partial charge in [0.2, 0.25) is 0 Å². The third-order valence-electron chi connectivity index (χ3n) is 2.67. The number of aromatic nitrogens is 1. The summed E-state index contributed by atoms with van der Waals surface area (Å²) in [4.78, 5) is 15.6. The maximum Gasteiger partial charge on any atom is 0.407 e. The van der Waals surface area contributed by atoms with Crippen LogP contribution in [0.1, 0.15) is 11.3 Å². The number of carbonyl (C=O) groups excluding carboxylic acids is 1. The first-order valence-corrected chi connectivity index (χ1v) is 6.56. The molecule has 3 N–H and O–H groups in total. The molecule has 0 spiro atoms. The lowest BCUT2D eigenvalue weighted by Crippen LogP contribution is -2.24. The highest BCUT2D eigenvalue weighted by atomic mass is 16.5. The van der Waals surface area contributed by atoms with Gasteiger partial charge in [-0.05, 0) is 23.8 Å².